The van der Waals surface area contributed by atoms with Gasteiger partial charge in [-0.1, -0.05) is 6.42 Å². The van der Waals surface area contributed by atoms with E-state index in [-0.39, 0.29) is 11.8 Å². The highest BCUT2D eigenvalue weighted by Crippen LogP contribution is 2.29. The lowest BCUT2D eigenvalue weighted by molar-refractivity contribution is -0.124. The summed E-state index contributed by atoms with van der Waals surface area (Å²) in [4.78, 5) is 13.6. The number of benzene rings is 1. The van der Waals surface area contributed by atoms with Gasteiger partial charge in [-0.2, -0.15) is 5.26 Å². The molecule has 0 aromatic heterocycles. The summed E-state index contributed by atoms with van der Waals surface area (Å²) in [5.41, 5.74) is 1.48. The molecule has 3 nitrogen and oxygen atoms in total. The molecule has 82 valence electrons. The second-order valence-electron chi connectivity index (χ2n) is 4.18. The van der Waals surface area contributed by atoms with E-state index in [4.69, 9.17) is 5.26 Å². The highest BCUT2D eigenvalue weighted by Gasteiger charge is 2.28. The molecule has 1 aromatic carbocycles. The van der Waals surface area contributed by atoms with Crippen molar-refractivity contribution in [3.63, 3.8) is 0 Å². The van der Waals surface area contributed by atoms with Crippen LogP contribution in [0.3, 0.4) is 0 Å². The van der Waals surface area contributed by atoms with Crippen LogP contribution in [0.15, 0.2) is 24.3 Å². The zero-order chi connectivity index (χ0) is 11.5. The quantitative estimate of drug-likeness (QED) is 0.758. The zero-order valence-electron chi connectivity index (χ0n) is 9.31. The summed E-state index contributed by atoms with van der Waals surface area (Å²) in [6.45, 7) is 0. The van der Waals surface area contributed by atoms with Crippen molar-refractivity contribution in [2.24, 2.45) is 5.92 Å². The van der Waals surface area contributed by atoms with Crippen LogP contribution in [0.25, 0.3) is 0 Å². The van der Waals surface area contributed by atoms with Gasteiger partial charge in [0.05, 0.1) is 11.6 Å². The predicted octanol–water partition coefficient (Wildman–Crippen LogP) is 2.32. The zero-order valence-corrected chi connectivity index (χ0v) is 9.31. The normalized spacial score (nSPS) is 15.0. The third kappa shape index (κ3) is 1.92. The monoisotopic (exact) mass is 214 g/mol. The second kappa shape index (κ2) is 4.36. The minimum absolute atomic E-state index is 0.191. The molecule has 0 bridgehead atoms. The van der Waals surface area contributed by atoms with Crippen LogP contribution in [0.2, 0.25) is 0 Å². The van der Waals surface area contributed by atoms with E-state index in [1.165, 1.54) is 0 Å². The predicted molar refractivity (Wildman–Crippen MR) is 61.9 cm³/mol. The van der Waals surface area contributed by atoms with Crippen LogP contribution in [0.5, 0.6) is 0 Å². The summed E-state index contributed by atoms with van der Waals surface area (Å²) in [7, 11) is 1.79. The molecular weight excluding hydrogens is 200 g/mol. The van der Waals surface area contributed by atoms with Gasteiger partial charge in [-0.15, -0.1) is 0 Å². The minimum atomic E-state index is 0.191. The Morgan fingerprint density at radius 3 is 2.44 bits per heavy atom. The Hall–Kier alpha value is -1.82. The molecule has 1 amide bonds. The van der Waals surface area contributed by atoms with Crippen LogP contribution < -0.4 is 4.90 Å². The Labute approximate surface area is 95.3 Å². The number of carbonyl (C=O) groups excluding carboxylic acids is 1. The largest absolute Gasteiger partial charge is 0.315 e. The average molecular weight is 214 g/mol. The highest BCUT2D eigenvalue weighted by atomic mass is 16.2. The number of carbonyl (C=O) groups is 1. The molecule has 0 unspecified atom stereocenters. The molecule has 3 heteroatoms. The smallest absolute Gasteiger partial charge is 0.229 e. The summed E-state index contributed by atoms with van der Waals surface area (Å²) in [6, 6.07) is 9.17. The Bertz CT molecular complexity index is 426. The fraction of sp³-hybridized carbons (Fsp3) is 0.385. The standard InChI is InChI=1S/C13H14N2O/c1-15(13(16)11-3-2-4-11)12-7-5-10(9-14)6-8-12/h5-8,11H,2-4H2,1H3. The highest BCUT2D eigenvalue weighted by molar-refractivity contribution is 5.94. The van der Waals surface area contributed by atoms with Crippen LogP contribution >= 0.6 is 0 Å². The molecule has 2 rings (SSSR count). The summed E-state index contributed by atoms with van der Waals surface area (Å²) >= 11 is 0. The number of amides is 1. The van der Waals surface area contributed by atoms with Crippen LogP contribution in [0.4, 0.5) is 5.69 Å². The van der Waals surface area contributed by atoms with Crippen molar-refractivity contribution in [1.82, 2.24) is 0 Å². The second-order valence-corrected chi connectivity index (χ2v) is 4.18. The Kier molecular flexibility index (Phi) is 2.91. The molecule has 0 radical (unpaired) electrons. The Balaban J connectivity index is 2.10. The maximum absolute atomic E-state index is 11.9. The van der Waals surface area contributed by atoms with Crippen molar-refractivity contribution in [2.75, 3.05) is 11.9 Å². The molecule has 1 fully saturated rings. The fourth-order valence-corrected chi connectivity index (χ4v) is 1.82. The maximum atomic E-state index is 11.9. The van der Waals surface area contributed by atoms with Gasteiger partial charge in [-0.3, -0.25) is 4.79 Å². The van der Waals surface area contributed by atoms with Crippen molar-refractivity contribution in [2.45, 2.75) is 19.3 Å². The maximum Gasteiger partial charge on any atom is 0.229 e. The van der Waals surface area contributed by atoms with Crippen molar-refractivity contribution < 1.29 is 4.79 Å². The molecule has 1 aliphatic rings. The Morgan fingerprint density at radius 1 is 1.38 bits per heavy atom. The van der Waals surface area contributed by atoms with E-state index in [0.717, 1.165) is 24.9 Å². The first-order valence-corrected chi connectivity index (χ1v) is 5.50. The van der Waals surface area contributed by atoms with Gasteiger partial charge in [-0.25, -0.2) is 0 Å². The number of hydrogen-bond donors (Lipinski definition) is 0. The first-order valence-electron chi connectivity index (χ1n) is 5.50. The molecular formula is C13H14N2O. The van der Waals surface area contributed by atoms with E-state index in [9.17, 15) is 4.79 Å². The van der Waals surface area contributed by atoms with Gasteiger partial charge in [-0.05, 0) is 37.1 Å². The third-order valence-electron chi connectivity index (χ3n) is 3.17. The fourth-order valence-electron chi connectivity index (χ4n) is 1.82. The van der Waals surface area contributed by atoms with E-state index in [1.54, 1.807) is 24.1 Å². The summed E-state index contributed by atoms with van der Waals surface area (Å²) in [5, 5.41) is 8.68. The lowest BCUT2D eigenvalue weighted by Gasteiger charge is -2.29. The Morgan fingerprint density at radius 2 is 2.00 bits per heavy atom. The van der Waals surface area contributed by atoms with Gasteiger partial charge < -0.3 is 4.90 Å². The van der Waals surface area contributed by atoms with Gasteiger partial charge in [0, 0.05) is 18.7 Å². The number of anilines is 1. The van der Waals surface area contributed by atoms with Gasteiger partial charge in [0.2, 0.25) is 5.91 Å². The summed E-state index contributed by atoms with van der Waals surface area (Å²) < 4.78 is 0. The van der Waals surface area contributed by atoms with Crippen LogP contribution in [0.1, 0.15) is 24.8 Å². The van der Waals surface area contributed by atoms with Crippen LogP contribution in [0, 0.1) is 17.2 Å². The molecule has 16 heavy (non-hydrogen) atoms. The summed E-state index contributed by atoms with van der Waals surface area (Å²) in [6.07, 6.45) is 3.19. The van der Waals surface area contributed by atoms with Crippen molar-refractivity contribution in [3.05, 3.63) is 29.8 Å². The topological polar surface area (TPSA) is 44.1 Å². The van der Waals surface area contributed by atoms with Crippen LogP contribution in [-0.2, 0) is 4.79 Å². The van der Waals surface area contributed by atoms with Gasteiger partial charge in [0.25, 0.3) is 0 Å². The van der Waals surface area contributed by atoms with E-state index in [2.05, 4.69) is 6.07 Å². The van der Waals surface area contributed by atoms with Crippen LogP contribution in [-0.4, -0.2) is 13.0 Å². The van der Waals surface area contributed by atoms with E-state index < -0.39 is 0 Å². The molecule has 0 aliphatic heterocycles. The van der Waals surface area contributed by atoms with Crippen molar-refractivity contribution in [1.29, 1.82) is 5.26 Å². The number of nitrogens with zero attached hydrogens (tertiary/aromatic N) is 2. The molecule has 1 aromatic rings. The van der Waals surface area contributed by atoms with Gasteiger partial charge >= 0.3 is 0 Å². The van der Waals surface area contributed by atoms with Gasteiger partial charge in [0.15, 0.2) is 0 Å². The van der Waals surface area contributed by atoms with Crippen molar-refractivity contribution >= 4 is 11.6 Å². The number of nitriles is 1. The lowest BCUT2D eigenvalue weighted by atomic mass is 9.84. The molecule has 0 spiro atoms. The molecule has 1 saturated carbocycles. The van der Waals surface area contributed by atoms with E-state index in [0.29, 0.717) is 5.56 Å². The summed E-state index contributed by atoms with van der Waals surface area (Å²) in [5.74, 6) is 0.400. The van der Waals surface area contributed by atoms with Gasteiger partial charge in [0.1, 0.15) is 0 Å². The minimum Gasteiger partial charge on any atom is -0.315 e. The third-order valence-corrected chi connectivity index (χ3v) is 3.17. The lowest BCUT2D eigenvalue weighted by Crippen LogP contribution is -2.36. The van der Waals surface area contributed by atoms with Crippen molar-refractivity contribution in [3.8, 4) is 6.07 Å². The number of hydrogen-bond acceptors (Lipinski definition) is 2. The van der Waals surface area contributed by atoms with E-state index in [1.807, 2.05) is 12.1 Å². The average Bonchev–Trinajstić information content (AvgIpc) is 2.26. The molecule has 1 aliphatic carbocycles. The SMILES string of the molecule is CN(C(=O)C1CCC1)c1ccc(C#N)cc1. The molecule has 0 N–H and O–H groups in total. The molecule has 0 heterocycles. The number of rotatable bonds is 2. The molecule has 0 saturated heterocycles. The first kappa shape index (κ1) is 10.7. The first-order chi connectivity index (χ1) is 7.72. The van der Waals surface area contributed by atoms with E-state index >= 15 is 0 Å². The molecule has 0 atom stereocenters.